The molecule has 1 amide bonds. The number of hydrazone groups is 1. The van der Waals surface area contributed by atoms with E-state index in [2.05, 4.69) is 10.5 Å². The molecule has 0 saturated carbocycles. The van der Waals surface area contributed by atoms with Gasteiger partial charge in [0.2, 0.25) is 0 Å². The number of nitrogens with one attached hydrogen (secondary N) is 1. The summed E-state index contributed by atoms with van der Waals surface area (Å²) in [5, 5.41) is 3.85. The first kappa shape index (κ1) is 16.4. The van der Waals surface area contributed by atoms with Crippen LogP contribution in [0.5, 0.6) is 5.75 Å². The van der Waals surface area contributed by atoms with Crippen molar-refractivity contribution in [3.63, 3.8) is 0 Å². The van der Waals surface area contributed by atoms with Crippen molar-refractivity contribution in [3.05, 3.63) is 71.6 Å². The maximum atomic E-state index is 13.0. The van der Waals surface area contributed by atoms with Crippen LogP contribution in [0, 0.1) is 5.82 Å². The van der Waals surface area contributed by atoms with Crippen LogP contribution in [-0.4, -0.2) is 18.7 Å². The molecular weight excluding hydrogens is 295 g/mol. The van der Waals surface area contributed by atoms with Crippen molar-refractivity contribution in [1.29, 1.82) is 0 Å². The zero-order chi connectivity index (χ0) is 16.5. The number of benzene rings is 2. The van der Waals surface area contributed by atoms with Crippen LogP contribution in [0.2, 0.25) is 0 Å². The second-order valence-electron chi connectivity index (χ2n) is 4.84. The van der Waals surface area contributed by atoms with Crippen LogP contribution in [0.1, 0.15) is 12.5 Å². The molecule has 0 unspecified atom stereocenters. The molecule has 2 rings (SSSR count). The van der Waals surface area contributed by atoms with Crippen molar-refractivity contribution in [1.82, 2.24) is 5.43 Å². The van der Waals surface area contributed by atoms with Crippen molar-refractivity contribution < 1.29 is 13.9 Å². The number of amides is 1. The van der Waals surface area contributed by atoms with E-state index in [9.17, 15) is 9.18 Å². The van der Waals surface area contributed by atoms with Crippen molar-refractivity contribution in [3.8, 4) is 5.75 Å². The fourth-order valence-corrected chi connectivity index (χ4v) is 1.79. The summed E-state index contributed by atoms with van der Waals surface area (Å²) < 4.78 is 18.1. The SMILES string of the molecule is CC(/C=N\NC(=O)COc1cccc(F)c1)=C\c1ccccc1. The maximum Gasteiger partial charge on any atom is 0.277 e. The zero-order valence-electron chi connectivity index (χ0n) is 12.7. The molecule has 0 atom stereocenters. The van der Waals surface area contributed by atoms with Crippen molar-refractivity contribution in [2.75, 3.05) is 6.61 Å². The van der Waals surface area contributed by atoms with Crippen LogP contribution >= 0.6 is 0 Å². The fourth-order valence-electron chi connectivity index (χ4n) is 1.79. The van der Waals surface area contributed by atoms with Crippen LogP contribution in [0.25, 0.3) is 6.08 Å². The second-order valence-corrected chi connectivity index (χ2v) is 4.84. The molecule has 0 fully saturated rings. The summed E-state index contributed by atoms with van der Waals surface area (Å²) in [4.78, 5) is 11.6. The minimum absolute atomic E-state index is 0.234. The van der Waals surface area contributed by atoms with Gasteiger partial charge in [-0.2, -0.15) is 5.10 Å². The Bertz CT molecular complexity index is 712. The number of ether oxygens (including phenoxy) is 1. The number of halogens is 1. The fraction of sp³-hybridized carbons (Fsp3) is 0.111. The van der Waals surface area contributed by atoms with Gasteiger partial charge in [-0.15, -0.1) is 0 Å². The first-order valence-electron chi connectivity index (χ1n) is 7.07. The summed E-state index contributed by atoms with van der Waals surface area (Å²) >= 11 is 0. The molecular formula is C18H17FN2O2. The van der Waals surface area contributed by atoms with E-state index in [1.165, 1.54) is 18.2 Å². The molecule has 1 N–H and O–H groups in total. The van der Waals surface area contributed by atoms with Gasteiger partial charge in [-0.1, -0.05) is 42.5 Å². The predicted octanol–water partition coefficient (Wildman–Crippen LogP) is 3.41. The molecule has 5 heteroatoms. The largest absolute Gasteiger partial charge is 0.484 e. The monoisotopic (exact) mass is 312 g/mol. The van der Waals surface area contributed by atoms with E-state index in [0.29, 0.717) is 5.75 Å². The molecule has 23 heavy (non-hydrogen) atoms. The molecule has 0 saturated heterocycles. The minimum Gasteiger partial charge on any atom is -0.484 e. The van der Waals surface area contributed by atoms with E-state index in [-0.39, 0.29) is 6.61 Å². The van der Waals surface area contributed by atoms with Crippen LogP contribution < -0.4 is 10.2 Å². The molecule has 118 valence electrons. The first-order chi connectivity index (χ1) is 11.1. The van der Waals surface area contributed by atoms with E-state index in [0.717, 1.165) is 11.1 Å². The van der Waals surface area contributed by atoms with Gasteiger partial charge in [-0.3, -0.25) is 4.79 Å². The topological polar surface area (TPSA) is 50.7 Å². The number of allylic oxidation sites excluding steroid dienone is 1. The molecule has 0 spiro atoms. The highest BCUT2D eigenvalue weighted by Crippen LogP contribution is 2.11. The summed E-state index contributed by atoms with van der Waals surface area (Å²) in [5.41, 5.74) is 4.30. The Morgan fingerprint density at radius 2 is 2.00 bits per heavy atom. The third-order valence-electron chi connectivity index (χ3n) is 2.82. The number of nitrogens with zero attached hydrogens (tertiary/aromatic N) is 1. The predicted molar refractivity (Wildman–Crippen MR) is 88.6 cm³/mol. The molecule has 0 aliphatic heterocycles. The lowest BCUT2D eigenvalue weighted by Crippen LogP contribution is -2.24. The molecule has 0 aliphatic rings. The van der Waals surface area contributed by atoms with Crippen molar-refractivity contribution in [2.24, 2.45) is 5.10 Å². The highest BCUT2D eigenvalue weighted by Gasteiger charge is 2.01. The number of carbonyl (C=O) groups excluding carboxylic acids is 1. The summed E-state index contributed by atoms with van der Waals surface area (Å²) in [6, 6.07) is 15.4. The van der Waals surface area contributed by atoms with Crippen LogP contribution in [0.3, 0.4) is 0 Å². The van der Waals surface area contributed by atoms with Gasteiger partial charge in [0, 0.05) is 6.07 Å². The van der Waals surface area contributed by atoms with Gasteiger partial charge in [0.1, 0.15) is 11.6 Å². The molecule has 0 radical (unpaired) electrons. The average molecular weight is 312 g/mol. The highest BCUT2D eigenvalue weighted by atomic mass is 19.1. The van der Waals surface area contributed by atoms with E-state index in [1.807, 2.05) is 43.3 Å². The Kier molecular flexibility index (Phi) is 6.06. The number of carbonyl (C=O) groups is 1. The number of hydrogen-bond acceptors (Lipinski definition) is 3. The number of hydrogen-bond donors (Lipinski definition) is 1. The van der Waals surface area contributed by atoms with E-state index in [4.69, 9.17) is 4.74 Å². The lowest BCUT2D eigenvalue weighted by molar-refractivity contribution is -0.123. The maximum absolute atomic E-state index is 13.0. The van der Waals surface area contributed by atoms with Crippen molar-refractivity contribution >= 4 is 18.2 Å². The highest BCUT2D eigenvalue weighted by molar-refractivity contribution is 5.86. The zero-order valence-corrected chi connectivity index (χ0v) is 12.7. The standard InChI is InChI=1S/C18H17FN2O2/c1-14(10-15-6-3-2-4-7-15)12-20-21-18(22)13-23-17-9-5-8-16(19)11-17/h2-12H,13H2,1H3,(H,21,22)/b14-10+,20-12-. The van der Waals surface area contributed by atoms with Gasteiger partial charge in [0.05, 0.1) is 6.21 Å². The van der Waals surface area contributed by atoms with Crippen LogP contribution in [-0.2, 0) is 4.79 Å². The quantitative estimate of drug-likeness (QED) is 0.656. The van der Waals surface area contributed by atoms with Gasteiger partial charge in [0.25, 0.3) is 5.91 Å². The van der Waals surface area contributed by atoms with Crippen LogP contribution in [0.15, 0.2) is 65.3 Å². The average Bonchev–Trinajstić information content (AvgIpc) is 2.54. The Morgan fingerprint density at radius 3 is 2.74 bits per heavy atom. The Labute approximate surface area is 134 Å². The summed E-state index contributed by atoms with van der Waals surface area (Å²) in [7, 11) is 0. The second kappa shape index (κ2) is 8.48. The van der Waals surface area contributed by atoms with Gasteiger partial charge < -0.3 is 4.74 Å². The van der Waals surface area contributed by atoms with Crippen LogP contribution in [0.4, 0.5) is 4.39 Å². The first-order valence-corrected chi connectivity index (χ1v) is 7.07. The number of rotatable bonds is 6. The lowest BCUT2D eigenvalue weighted by atomic mass is 10.1. The molecule has 0 heterocycles. The normalized spacial score (nSPS) is 11.5. The molecule has 2 aromatic carbocycles. The van der Waals surface area contributed by atoms with Gasteiger partial charge in [-0.25, -0.2) is 9.82 Å². The van der Waals surface area contributed by atoms with Crippen molar-refractivity contribution in [2.45, 2.75) is 6.92 Å². The molecule has 2 aromatic rings. The third kappa shape index (κ3) is 6.13. The lowest BCUT2D eigenvalue weighted by Gasteiger charge is -2.04. The molecule has 0 bridgehead atoms. The van der Waals surface area contributed by atoms with Gasteiger partial charge >= 0.3 is 0 Å². The molecule has 4 nitrogen and oxygen atoms in total. The summed E-state index contributed by atoms with van der Waals surface area (Å²) in [6.45, 7) is 1.65. The molecule has 0 aliphatic carbocycles. The minimum atomic E-state index is -0.418. The Hall–Kier alpha value is -2.95. The Morgan fingerprint density at radius 1 is 1.22 bits per heavy atom. The Balaban J connectivity index is 1.78. The summed E-state index contributed by atoms with van der Waals surface area (Å²) in [5.74, 6) is -0.537. The van der Waals surface area contributed by atoms with E-state index < -0.39 is 11.7 Å². The van der Waals surface area contributed by atoms with Gasteiger partial charge in [-0.05, 0) is 30.2 Å². The molecule has 0 aromatic heterocycles. The third-order valence-corrected chi connectivity index (χ3v) is 2.82. The smallest absolute Gasteiger partial charge is 0.277 e. The van der Waals surface area contributed by atoms with E-state index in [1.54, 1.807) is 12.3 Å². The summed E-state index contributed by atoms with van der Waals surface area (Å²) in [6.07, 6.45) is 3.49. The van der Waals surface area contributed by atoms with Gasteiger partial charge in [0.15, 0.2) is 6.61 Å². The van der Waals surface area contributed by atoms with E-state index >= 15 is 0 Å².